The van der Waals surface area contributed by atoms with E-state index in [0.717, 1.165) is 45.2 Å². The summed E-state index contributed by atoms with van der Waals surface area (Å²) in [4.78, 5) is 36.1. The zero-order valence-corrected chi connectivity index (χ0v) is 17.4. The highest BCUT2D eigenvalue weighted by molar-refractivity contribution is 5.82. The van der Waals surface area contributed by atoms with Crippen LogP contribution in [0.3, 0.4) is 0 Å². The first-order valence-electron chi connectivity index (χ1n) is 11.5. The maximum absolute atomic E-state index is 12.2. The summed E-state index contributed by atoms with van der Waals surface area (Å²) >= 11 is 0. The van der Waals surface area contributed by atoms with Gasteiger partial charge in [0.2, 0.25) is 11.8 Å². The molecule has 3 rings (SSSR count). The molecule has 5 N–H and O–H groups in total. The molecule has 0 bridgehead atoms. The van der Waals surface area contributed by atoms with E-state index >= 15 is 0 Å². The van der Waals surface area contributed by atoms with Gasteiger partial charge >= 0.3 is 0 Å². The number of hydrogen-bond acceptors (Lipinski definition) is 6. The lowest BCUT2D eigenvalue weighted by molar-refractivity contribution is -0.132. The maximum Gasteiger partial charge on any atom is 0.238 e. The molecule has 3 fully saturated rings. The lowest BCUT2D eigenvalue weighted by atomic mass is 9.85. The molecule has 1 aliphatic carbocycles. The van der Waals surface area contributed by atoms with Crippen LogP contribution in [-0.4, -0.2) is 49.4 Å². The van der Waals surface area contributed by atoms with Gasteiger partial charge in [-0.1, -0.05) is 19.3 Å². The molecule has 1 saturated carbocycles. The Kier molecular flexibility index (Phi) is 8.89. The normalized spacial score (nSPS) is 27.7. The molecule has 3 aliphatic rings. The number of fused-ring (bicyclic) bond motifs is 1. The quantitative estimate of drug-likeness (QED) is 0.342. The third-order valence-electron chi connectivity index (χ3n) is 6.48. The first-order chi connectivity index (χ1) is 14.1. The lowest BCUT2D eigenvalue weighted by Gasteiger charge is -2.42. The molecule has 0 spiro atoms. The summed E-state index contributed by atoms with van der Waals surface area (Å²) in [6, 6.07) is 0.105. The van der Waals surface area contributed by atoms with Gasteiger partial charge in [-0.3, -0.25) is 25.1 Å². The molecule has 0 radical (unpaired) electrons. The van der Waals surface area contributed by atoms with Crippen LogP contribution in [0, 0.1) is 11.8 Å². The number of hydrogen-bond donors (Lipinski definition) is 5. The second kappa shape index (κ2) is 11.6. The molecule has 2 heterocycles. The van der Waals surface area contributed by atoms with Gasteiger partial charge in [0.15, 0.2) is 0 Å². The Bertz CT molecular complexity index is 565. The molecule has 0 aromatic rings. The molecular formula is C21H37N5O3. The molecule has 8 nitrogen and oxygen atoms in total. The minimum Gasteiger partial charge on any atom is -0.356 e. The Hall–Kier alpha value is -1.51. The molecule has 3 atom stereocenters. The van der Waals surface area contributed by atoms with E-state index in [1.165, 1.54) is 19.3 Å². The molecule has 0 aromatic heterocycles. The van der Waals surface area contributed by atoms with Crippen molar-refractivity contribution in [3.8, 4) is 0 Å². The minimum absolute atomic E-state index is 0.000462. The smallest absolute Gasteiger partial charge is 0.238 e. The number of hydrazine groups is 1. The third kappa shape index (κ3) is 6.76. The summed E-state index contributed by atoms with van der Waals surface area (Å²) in [5.74, 6) is 0.698. The van der Waals surface area contributed by atoms with E-state index in [1.807, 2.05) is 0 Å². The van der Waals surface area contributed by atoms with Gasteiger partial charge in [-0.25, -0.2) is 5.43 Å². The Morgan fingerprint density at radius 1 is 0.966 bits per heavy atom. The molecule has 164 valence electrons. The highest BCUT2D eigenvalue weighted by atomic mass is 16.2. The Balaban J connectivity index is 1.22. The van der Waals surface area contributed by atoms with Crippen LogP contribution in [0.5, 0.6) is 0 Å². The number of carbonyl (C=O) groups is 3. The van der Waals surface area contributed by atoms with Crippen molar-refractivity contribution in [1.29, 1.82) is 0 Å². The first-order valence-corrected chi connectivity index (χ1v) is 11.5. The number of piperidine rings is 1. The van der Waals surface area contributed by atoms with Gasteiger partial charge in [0.1, 0.15) is 5.78 Å². The average Bonchev–Trinajstić information content (AvgIpc) is 2.75. The largest absolute Gasteiger partial charge is 0.356 e. The fraction of sp³-hybridized carbons (Fsp3) is 0.857. The van der Waals surface area contributed by atoms with E-state index in [2.05, 4.69) is 26.8 Å². The van der Waals surface area contributed by atoms with Crippen molar-refractivity contribution in [3.63, 3.8) is 0 Å². The summed E-state index contributed by atoms with van der Waals surface area (Å²) < 4.78 is 0. The third-order valence-corrected chi connectivity index (χ3v) is 6.48. The standard InChI is InChI=1S/C21H37N5O3/c27-17(15-7-2-1-3-8-15)10-4-11-18(28)22-13-6-14-24-20-19-16(9-5-12-23-19)21(29)26-25-20/h15-16,19-20,23-25H,1-14H2,(H,22,28)(H,26,29). The Morgan fingerprint density at radius 3 is 2.62 bits per heavy atom. The van der Waals surface area contributed by atoms with Gasteiger partial charge < -0.3 is 10.6 Å². The van der Waals surface area contributed by atoms with Crippen LogP contribution in [-0.2, 0) is 14.4 Å². The van der Waals surface area contributed by atoms with Crippen molar-refractivity contribution in [3.05, 3.63) is 0 Å². The van der Waals surface area contributed by atoms with Gasteiger partial charge in [0, 0.05) is 31.3 Å². The van der Waals surface area contributed by atoms with Crippen LogP contribution in [0.25, 0.3) is 0 Å². The van der Waals surface area contributed by atoms with E-state index < -0.39 is 0 Å². The van der Waals surface area contributed by atoms with Gasteiger partial charge in [0.05, 0.1) is 12.1 Å². The van der Waals surface area contributed by atoms with E-state index in [1.54, 1.807) is 0 Å². The van der Waals surface area contributed by atoms with Crippen LogP contribution >= 0.6 is 0 Å². The zero-order chi connectivity index (χ0) is 20.5. The van der Waals surface area contributed by atoms with Crippen molar-refractivity contribution in [2.75, 3.05) is 19.6 Å². The van der Waals surface area contributed by atoms with Gasteiger partial charge in [-0.05, 0) is 51.6 Å². The Labute approximate surface area is 173 Å². The second-order valence-corrected chi connectivity index (χ2v) is 8.65. The number of nitrogens with one attached hydrogen (secondary N) is 5. The van der Waals surface area contributed by atoms with Crippen molar-refractivity contribution in [2.45, 2.75) is 82.8 Å². The fourth-order valence-corrected chi connectivity index (χ4v) is 4.78. The van der Waals surface area contributed by atoms with Crippen molar-refractivity contribution < 1.29 is 14.4 Å². The first kappa shape index (κ1) is 22.2. The van der Waals surface area contributed by atoms with Crippen LogP contribution in [0.2, 0.25) is 0 Å². The highest BCUT2D eigenvalue weighted by Crippen LogP contribution is 2.25. The van der Waals surface area contributed by atoms with Crippen LogP contribution in [0.1, 0.15) is 70.6 Å². The van der Waals surface area contributed by atoms with E-state index in [-0.39, 0.29) is 35.9 Å². The molecule has 2 amide bonds. The monoisotopic (exact) mass is 407 g/mol. The molecule has 3 unspecified atom stereocenters. The van der Waals surface area contributed by atoms with Crippen LogP contribution in [0.15, 0.2) is 0 Å². The van der Waals surface area contributed by atoms with E-state index in [4.69, 9.17) is 0 Å². The minimum atomic E-state index is -0.000462. The van der Waals surface area contributed by atoms with Gasteiger partial charge in [-0.2, -0.15) is 0 Å². The van der Waals surface area contributed by atoms with Crippen molar-refractivity contribution in [1.82, 2.24) is 26.8 Å². The molecule has 0 aromatic carbocycles. The predicted octanol–water partition coefficient (Wildman–Crippen LogP) is 0.731. The maximum atomic E-state index is 12.2. The Morgan fingerprint density at radius 2 is 1.79 bits per heavy atom. The van der Waals surface area contributed by atoms with E-state index in [9.17, 15) is 14.4 Å². The van der Waals surface area contributed by atoms with Crippen LogP contribution < -0.4 is 26.8 Å². The SMILES string of the molecule is O=C(CCCC(=O)C1CCCCC1)NCCCNC1NNC(=O)C2CCCNC12. The molecular weight excluding hydrogens is 370 g/mol. The molecule has 2 aliphatic heterocycles. The van der Waals surface area contributed by atoms with Crippen molar-refractivity contribution >= 4 is 17.6 Å². The van der Waals surface area contributed by atoms with Gasteiger partial charge in [0.25, 0.3) is 0 Å². The topological polar surface area (TPSA) is 111 Å². The zero-order valence-electron chi connectivity index (χ0n) is 17.4. The summed E-state index contributed by atoms with van der Waals surface area (Å²) in [6.45, 7) is 2.30. The summed E-state index contributed by atoms with van der Waals surface area (Å²) in [7, 11) is 0. The summed E-state index contributed by atoms with van der Waals surface area (Å²) in [6.07, 6.45) is 10.0. The highest BCUT2D eigenvalue weighted by Gasteiger charge is 2.39. The summed E-state index contributed by atoms with van der Waals surface area (Å²) in [5, 5.41) is 9.80. The van der Waals surface area contributed by atoms with Crippen molar-refractivity contribution in [2.24, 2.45) is 11.8 Å². The number of ketones is 1. The molecule has 8 heteroatoms. The number of rotatable bonds is 10. The second-order valence-electron chi connectivity index (χ2n) is 8.65. The predicted molar refractivity (Wildman–Crippen MR) is 111 cm³/mol. The number of amides is 2. The molecule has 2 saturated heterocycles. The van der Waals surface area contributed by atoms with E-state index in [0.29, 0.717) is 31.6 Å². The van der Waals surface area contributed by atoms with Gasteiger partial charge in [-0.15, -0.1) is 0 Å². The number of Topliss-reactive ketones (excluding diaryl/α,β-unsaturated/α-hetero) is 1. The average molecular weight is 408 g/mol. The summed E-state index contributed by atoms with van der Waals surface area (Å²) in [5.41, 5.74) is 5.80. The molecule has 29 heavy (non-hydrogen) atoms. The number of carbonyl (C=O) groups excluding carboxylic acids is 3. The lowest BCUT2D eigenvalue weighted by Crippen LogP contribution is -2.71. The fourth-order valence-electron chi connectivity index (χ4n) is 4.78. The van der Waals surface area contributed by atoms with Crippen LogP contribution in [0.4, 0.5) is 0 Å².